The first-order valence-corrected chi connectivity index (χ1v) is 24.9. The molecule has 2 saturated heterocycles. The number of alkyl carbamates (subject to hydrolysis) is 2. The molecule has 2 aliphatic heterocycles. The molecule has 14 heteroatoms. The van der Waals surface area contributed by atoms with Gasteiger partial charge in [0.25, 0.3) is 0 Å². The molecule has 4 unspecified atom stereocenters. The van der Waals surface area contributed by atoms with E-state index >= 15 is 0 Å². The summed E-state index contributed by atoms with van der Waals surface area (Å²) in [5.41, 5.74) is 8.72. The normalized spacial score (nSPS) is 23.4. The highest BCUT2D eigenvalue weighted by Gasteiger charge is 2.50. The summed E-state index contributed by atoms with van der Waals surface area (Å²) in [7, 11) is 2.65. The van der Waals surface area contributed by atoms with E-state index in [0.29, 0.717) is 11.8 Å². The Bertz CT molecular complexity index is 2390. The summed E-state index contributed by atoms with van der Waals surface area (Å²) >= 11 is 0. The average Bonchev–Trinajstić information content (AvgIpc) is 4.16. The monoisotopic (exact) mass is 917 g/mol. The minimum atomic E-state index is -0.719. The first-order chi connectivity index (χ1) is 32.3. The zero-order valence-electron chi connectivity index (χ0n) is 40.8. The summed E-state index contributed by atoms with van der Waals surface area (Å²) in [6, 6.07) is 11.6. The van der Waals surface area contributed by atoms with Crippen molar-refractivity contribution in [3.63, 3.8) is 0 Å². The number of carbonyl (C=O) groups excluding carboxylic acids is 4. The molecule has 4 heterocycles. The quantitative estimate of drug-likeness (QED) is 0.0968. The van der Waals surface area contributed by atoms with Gasteiger partial charge < -0.3 is 39.9 Å². The number of imidazole rings is 2. The Morgan fingerprint density at radius 3 is 1.57 bits per heavy atom. The van der Waals surface area contributed by atoms with E-state index in [9.17, 15) is 19.2 Å². The number of methoxy groups -OCH3 is 2. The number of aryl methyl sites for hydroxylation is 4. The van der Waals surface area contributed by atoms with Gasteiger partial charge in [-0.15, -0.1) is 0 Å². The molecule has 4 N–H and O–H groups in total. The van der Waals surface area contributed by atoms with Crippen LogP contribution in [-0.2, 0) is 38.3 Å². The first-order valence-electron chi connectivity index (χ1n) is 24.9. The van der Waals surface area contributed by atoms with Crippen molar-refractivity contribution in [2.75, 3.05) is 14.2 Å². The van der Waals surface area contributed by atoms with E-state index < -0.39 is 24.3 Å². The fraction of sp³-hybridized carbons (Fsp3) is 0.585. The number of hydrogen-bond acceptors (Lipinski definition) is 8. The number of rotatable bonds is 14. The standard InChI is InChI=1S/C53H72N8O6/c1-9-34-24-39(41-29-55-49(57-41)45-27-37-15-11-13-17-43(37)61(45)51(63)47(31(4)5)59-53(65)67-8)35(23-22-33-20-18-32(6)19-21-33)25-38(34)40-28-54-48(56-40)44-26-36-14-10-12-16-42(36)60(44)50(62)46(30(2)3)58-52(64)66-7/h18-21,24-25,28-31,36-37,42-47H,9-17,22-23,26-27H2,1-8H3,(H,54,56)(H,55,57)(H,58,64)(H,59,65)/t36?,37?,42?,43?,44-,45-,46-,47-/m0/s1. The van der Waals surface area contributed by atoms with Gasteiger partial charge in [0, 0.05) is 23.2 Å². The number of fused-ring (bicyclic) bond motifs is 2. The zero-order chi connectivity index (χ0) is 47.5. The average molecular weight is 917 g/mol. The van der Waals surface area contributed by atoms with Gasteiger partial charge in [-0.25, -0.2) is 19.6 Å². The van der Waals surface area contributed by atoms with Gasteiger partial charge in [-0.05, 0) is 117 Å². The number of amides is 4. The number of nitrogens with zero attached hydrogens (tertiary/aromatic N) is 4. The molecule has 0 radical (unpaired) electrons. The van der Waals surface area contributed by atoms with E-state index in [-0.39, 0.29) is 47.8 Å². The molecular weight excluding hydrogens is 845 g/mol. The Balaban J connectivity index is 1.15. The van der Waals surface area contributed by atoms with Crippen LogP contribution in [0.2, 0.25) is 0 Å². The minimum Gasteiger partial charge on any atom is -0.453 e. The lowest BCUT2D eigenvalue weighted by atomic mass is 9.84. The second-order valence-electron chi connectivity index (χ2n) is 20.3. The molecule has 8 atom stereocenters. The van der Waals surface area contributed by atoms with Gasteiger partial charge >= 0.3 is 12.2 Å². The van der Waals surface area contributed by atoms with Gasteiger partial charge in [0.2, 0.25) is 11.8 Å². The molecule has 8 rings (SSSR count). The van der Waals surface area contributed by atoms with Gasteiger partial charge in [-0.2, -0.15) is 0 Å². The van der Waals surface area contributed by atoms with Crippen LogP contribution in [0.1, 0.15) is 145 Å². The maximum atomic E-state index is 14.6. The van der Waals surface area contributed by atoms with Crippen LogP contribution in [0.4, 0.5) is 9.59 Å². The fourth-order valence-corrected chi connectivity index (χ4v) is 11.8. The Morgan fingerprint density at radius 1 is 0.672 bits per heavy atom. The predicted octanol–water partition coefficient (Wildman–Crippen LogP) is 9.55. The summed E-state index contributed by atoms with van der Waals surface area (Å²) < 4.78 is 9.88. The minimum absolute atomic E-state index is 0.0856. The molecule has 2 aromatic heterocycles. The molecule has 4 fully saturated rings. The molecule has 2 aliphatic carbocycles. The highest BCUT2D eigenvalue weighted by molar-refractivity contribution is 5.88. The summed E-state index contributed by atoms with van der Waals surface area (Å²) in [6.45, 7) is 12.1. The Hall–Kier alpha value is -5.66. The molecule has 2 aromatic carbocycles. The zero-order valence-corrected chi connectivity index (χ0v) is 40.8. The van der Waals surface area contributed by atoms with Gasteiger partial charge in [0.15, 0.2) is 0 Å². The van der Waals surface area contributed by atoms with Crippen LogP contribution in [0, 0.1) is 30.6 Å². The number of carbonyl (C=O) groups is 4. The van der Waals surface area contributed by atoms with Crippen LogP contribution in [0.5, 0.6) is 0 Å². The second kappa shape index (κ2) is 20.7. The lowest BCUT2D eigenvalue weighted by Crippen LogP contribution is -2.53. The van der Waals surface area contributed by atoms with Gasteiger partial charge in [0.1, 0.15) is 23.7 Å². The second-order valence-corrected chi connectivity index (χ2v) is 20.3. The van der Waals surface area contributed by atoms with Crippen LogP contribution in [0.15, 0.2) is 48.8 Å². The summed E-state index contributed by atoms with van der Waals surface area (Å²) in [5.74, 6) is 1.82. The number of likely N-dealkylation sites (tertiary alicyclic amines) is 2. The van der Waals surface area contributed by atoms with Crippen molar-refractivity contribution >= 4 is 24.0 Å². The van der Waals surface area contributed by atoms with Crippen molar-refractivity contribution in [1.29, 1.82) is 0 Å². The van der Waals surface area contributed by atoms with Crippen molar-refractivity contribution in [2.24, 2.45) is 23.7 Å². The third-order valence-corrected chi connectivity index (χ3v) is 15.4. The maximum absolute atomic E-state index is 14.6. The molecule has 14 nitrogen and oxygen atoms in total. The van der Waals surface area contributed by atoms with Crippen molar-refractivity contribution in [1.82, 2.24) is 40.4 Å². The molecule has 2 saturated carbocycles. The molecule has 4 amide bonds. The SMILES string of the molecule is CCc1cc(-c2cnc([C@@H]3CC4CCCCC4N3C(=O)[C@@H](NC(=O)OC)C(C)C)[nH]2)c(CCc2ccc(C)cc2)cc1-c1cnc([C@@H]2CC3CCCCC3N2C(=O)[C@@H](NC(=O)OC)C(C)C)[nH]1. The lowest BCUT2D eigenvalue weighted by molar-refractivity contribution is -0.139. The van der Waals surface area contributed by atoms with E-state index in [1.54, 1.807) is 0 Å². The summed E-state index contributed by atoms with van der Waals surface area (Å²) in [5, 5.41) is 5.67. The van der Waals surface area contributed by atoms with Crippen molar-refractivity contribution in [3.8, 4) is 22.5 Å². The topological polar surface area (TPSA) is 175 Å². The number of benzene rings is 2. The lowest BCUT2D eigenvalue weighted by Gasteiger charge is -2.36. The fourth-order valence-electron chi connectivity index (χ4n) is 11.8. The first kappa shape index (κ1) is 47.8. The number of ether oxygens (including phenoxy) is 2. The van der Waals surface area contributed by atoms with Gasteiger partial charge in [-0.1, -0.05) is 90.1 Å². The van der Waals surface area contributed by atoms with E-state index in [2.05, 4.69) is 70.8 Å². The third kappa shape index (κ3) is 10.00. The van der Waals surface area contributed by atoms with Crippen LogP contribution in [-0.4, -0.2) is 92.1 Å². The molecule has 67 heavy (non-hydrogen) atoms. The molecule has 0 spiro atoms. The number of aromatic amines is 2. The van der Waals surface area contributed by atoms with Crippen LogP contribution in [0.25, 0.3) is 22.5 Å². The van der Waals surface area contributed by atoms with Crippen LogP contribution >= 0.6 is 0 Å². The summed E-state index contributed by atoms with van der Waals surface area (Å²) in [4.78, 5) is 75.7. The van der Waals surface area contributed by atoms with Crippen molar-refractivity contribution < 1.29 is 28.7 Å². The number of aromatic nitrogens is 4. The molecule has 4 aliphatic rings. The van der Waals surface area contributed by atoms with E-state index in [0.717, 1.165) is 129 Å². The van der Waals surface area contributed by atoms with Crippen LogP contribution < -0.4 is 10.6 Å². The number of nitrogens with one attached hydrogen (secondary N) is 4. The maximum Gasteiger partial charge on any atom is 0.407 e. The Kier molecular flexibility index (Phi) is 14.8. The predicted molar refractivity (Wildman–Crippen MR) is 258 cm³/mol. The Labute approximate surface area is 396 Å². The van der Waals surface area contributed by atoms with E-state index in [1.165, 1.54) is 25.3 Å². The number of H-pyrrole nitrogens is 2. The summed E-state index contributed by atoms with van der Waals surface area (Å²) in [6.07, 6.45) is 15.1. The van der Waals surface area contributed by atoms with Gasteiger partial charge in [-0.3, -0.25) is 9.59 Å². The molecular formula is C53H72N8O6. The van der Waals surface area contributed by atoms with E-state index in [1.807, 2.05) is 49.9 Å². The molecule has 0 bridgehead atoms. The largest absolute Gasteiger partial charge is 0.453 e. The van der Waals surface area contributed by atoms with Crippen molar-refractivity contribution in [2.45, 2.75) is 161 Å². The van der Waals surface area contributed by atoms with Crippen molar-refractivity contribution in [3.05, 3.63) is 82.7 Å². The van der Waals surface area contributed by atoms with Gasteiger partial charge in [0.05, 0.1) is 50.1 Å². The highest BCUT2D eigenvalue weighted by Crippen LogP contribution is 2.48. The van der Waals surface area contributed by atoms with Crippen LogP contribution in [0.3, 0.4) is 0 Å². The highest BCUT2D eigenvalue weighted by atomic mass is 16.5. The number of hydrogen-bond donors (Lipinski definition) is 4. The van der Waals surface area contributed by atoms with E-state index in [4.69, 9.17) is 19.4 Å². The Morgan fingerprint density at radius 2 is 1.12 bits per heavy atom. The third-order valence-electron chi connectivity index (χ3n) is 15.4. The molecule has 360 valence electrons. The molecule has 4 aromatic rings. The smallest absolute Gasteiger partial charge is 0.407 e.